The van der Waals surface area contributed by atoms with E-state index in [0.29, 0.717) is 39.5 Å². The number of ether oxygens (including phenoxy) is 2. The molecule has 0 aliphatic rings. The number of aromatic nitrogens is 3. The second-order valence-electron chi connectivity index (χ2n) is 5.29. The van der Waals surface area contributed by atoms with E-state index in [9.17, 15) is 0 Å². The van der Waals surface area contributed by atoms with Gasteiger partial charge in [-0.2, -0.15) is 15.3 Å². The van der Waals surface area contributed by atoms with Crippen LogP contribution in [0.5, 0.6) is 11.5 Å². The third-order valence-electron chi connectivity index (χ3n) is 3.57. The zero-order valence-electron chi connectivity index (χ0n) is 14.5. The minimum Gasteiger partial charge on any atom is -0.495 e. The maximum Gasteiger partial charge on any atom is 0.249 e. The quantitative estimate of drug-likeness (QED) is 0.661. The summed E-state index contributed by atoms with van der Waals surface area (Å²) >= 11 is 6.12. The first kappa shape index (κ1) is 18.2. The van der Waals surface area contributed by atoms with Gasteiger partial charge >= 0.3 is 0 Å². The molecule has 0 unspecified atom stereocenters. The average molecular weight is 383 g/mol. The van der Waals surface area contributed by atoms with E-state index in [-0.39, 0.29) is 0 Å². The smallest absolute Gasteiger partial charge is 0.249 e. The summed E-state index contributed by atoms with van der Waals surface area (Å²) in [5.41, 5.74) is 1.92. The van der Waals surface area contributed by atoms with E-state index in [0.717, 1.165) is 5.69 Å². The minimum atomic E-state index is 0.296. The van der Waals surface area contributed by atoms with E-state index in [2.05, 4.69) is 31.9 Å². The lowest BCUT2D eigenvalue weighted by Gasteiger charge is -2.13. The summed E-state index contributed by atoms with van der Waals surface area (Å²) in [6.45, 7) is 0. The van der Waals surface area contributed by atoms with Crippen LogP contribution in [-0.4, -0.2) is 29.4 Å². The Hall–Kier alpha value is -3.57. The molecule has 0 aliphatic heterocycles. The number of halogens is 1. The number of nitrogens with one attached hydrogen (secondary N) is 2. The minimum absolute atomic E-state index is 0.296. The van der Waals surface area contributed by atoms with Crippen LogP contribution in [0.2, 0.25) is 5.02 Å². The molecule has 1 aromatic heterocycles. The molecule has 0 amide bonds. The number of anilines is 4. The number of methoxy groups -OCH3 is 2. The fourth-order valence-corrected chi connectivity index (χ4v) is 2.50. The Kier molecular flexibility index (Phi) is 5.54. The van der Waals surface area contributed by atoms with Crippen LogP contribution in [0.3, 0.4) is 0 Å². The molecule has 3 rings (SSSR count). The van der Waals surface area contributed by atoms with Crippen LogP contribution in [-0.2, 0) is 0 Å². The fraction of sp³-hybridized carbons (Fsp3) is 0.111. The van der Waals surface area contributed by atoms with Gasteiger partial charge in [0.15, 0.2) is 5.82 Å². The van der Waals surface area contributed by atoms with Gasteiger partial charge in [-0.1, -0.05) is 11.6 Å². The predicted molar refractivity (Wildman–Crippen MR) is 102 cm³/mol. The molecule has 0 aliphatic carbocycles. The summed E-state index contributed by atoms with van der Waals surface area (Å²) in [6.07, 6.45) is 1.48. The van der Waals surface area contributed by atoms with E-state index in [1.165, 1.54) is 13.3 Å². The van der Waals surface area contributed by atoms with E-state index in [1.807, 2.05) is 0 Å². The number of hydrogen-bond donors (Lipinski definition) is 2. The molecule has 8 nitrogen and oxygen atoms in total. The van der Waals surface area contributed by atoms with Gasteiger partial charge in [0.1, 0.15) is 11.5 Å². The average Bonchev–Trinajstić information content (AvgIpc) is 2.70. The van der Waals surface area contributed by atoms with Crippen LogP contribution < -0.4 is 20.1 Å². The van der Waals surface area contributed by atoms with E-state index in [1.54, 1.807) is 43.5 Å². The summed E-state index contributed by atoms with van der Waals surface area (Å²) in [4.78, 5) is 4.37. The first-order valence-corrected chi connectivity index (χ1v) is 8.16. The summed E-state index contributed by atoms with van der Waals surface area (Å²) in [5, 5.41) is 23.3. The zero-order valence-corrected chi connectivity index (χ0v) is 15.3. The molecule has 0 bridgehead atoms. The lowest BCUT2D eigenvalue weighted by Crippen LogP contribution is -2.03. The summed E-state index contributed by atoms with van der Waals surface area (Å²) < 4.78 is 10.6. The molecule has 0 atom stereocenters. The number of nitriles is 1. The molecule has 0 saturated carbocycles. The Morgan fingerprint density at radius 3 is 2.44 bits per heavy atom. The Bertz CT molecular complexity index is 988. The van der Waals surface area contributed by atoms with E-state index < -0.39 is 0 Å². The Morgan fingerprint density at radius 1 is 1.04 bits per heavy atom. The first-order valence-electron chi connectivity index (χ1n) is 7.78. The predicted octanol–water partition coefficient (Wildman–Crippen LogP) is 3.90. The second kappa shape index (κ2) is 8.21. The lowest BCUT2D eigenvalue weighted by atomic mass is 10.2. The highest BCUT2D eigenvalue weighted by Gasteiger charge is 2.11. The lowest BCUT2D eigenvalue weighted by molar-refractivity contribution is 0.405. The monoisotopic (exact) mass is 382 g/mol. The third-order valence-corrected chi connectivity index (χ3v) is 3.86. The molecule has 2 aromatic carbocycles. The number of nitrogens with zero attached hydrogens (tertiary/aromatic N) is 4. The molecule has 9 heteroatoms. The van der Waals surface area contributed by atoms with Crippen molar-refractivity contribution in [3.05, 3.63) is 53.2 Å². The van der Waals surface area contributed by atoms with Gasteiger partial charge in [-0.05, 0) is 24.3 Å². The van der Waals surface area contributed by atoms with Crippen molar-refractivity contribution < 1.29 is 9.47 Å². The molecule has 27 heavy (non-hydrogen) atoms. The molecule has 0 radical (unpaired) electrons. The van der Waals surface area contributed by atoms with Gasteiger partial charge in [0, 0.05) is 17.8 Å². The van der Waals surface area contributed by atoms with Crippen LogP contribution in [0.1, 0.15) is 5.56 Å². The molecule has 2 N–H and O–H groups in total. The summed E-state index contributed by atoms with van der Waals surface area (Å²) in [6, 6.07) is 12.3. The second-order valence-corrected chi connectivity index (χ2v) is 5.70. The molecular weight excluding hydrogens is 368 g/mol. The van der Waals surface area contributed by atoms with Crippen molar-refractivity contribution in [2.45, 2.75) is 0 Å². The Labute approximate surface area is 160 Å². The van der Waals surface area contributed by atoms with Crippen molar-refractivity contribution in [3.63, 3.8) is 0 Å². The molecule has 1 heterocycles. The van der Waals surface area contributed by atoms with Crippen LogP contribution in [0, 0.1) is 11.3 Å². The Morgan fingerprint density at radius 2 is 1.78 bits per heavy atom. The Balaban J connectivity index is 1.82. The van der Waals surface area contributed by atoms with Gasteiger partial charge in [0.25, 0.3) is 0 Å². The number of hydrogen-bond acceptors (Lipinski definition) is 8. The van der Waals surface area contributed by atoms with Gasteiger partial charge in [-0.25, -0.2) is 0 Å². The highest BCUT2D eigenvalue weighted by Crippen LogP contribution is 2.37. The highest BCUT2D eigenvalue weighted by atomic mass is 35.5. The fourth-order valence-electron chi connectivity index (χ4n) is 2.27. The number of rotatable bonds is 6. The van der Waals surface area contributed by atoms with Gasteiger partial charge in [-0.15, -0.1) is 5.10 Å². The molecular formula is C18H15ClN6O2. The largest absolute Gasteiger partial charge is 0.495 e. The van der Waals surface area contributed by atoms with Crippen molar-refractivity contribution in [3.8, 4) is 17.6 Å². The van der Waals surface area contributed by atoms with Gasteiger partial charge in [-0.3, -0.25) is 0 Å². The van der Waals surface area contributed by atoms with Crippen molar-refractivity contribution in [2.75, 3.05) is 24.9 Å². The van der Waals surface area contributed by atoms with Gasteiger partial charge in [0.05, 0.1) is 42.8 Å². The topological polar surface area (TPSA) is 105 Å². The molecule has 0 saturated heterocycles. The van der Waals surface area contributed by atoms with Gasteiger partial charge < -0.3 is 20.1 Å². The normalized spacial score (nSPS) is 10.0. The summed E-state index contributed by atoms with van der Waals surface area (Å²) in [5.74, 6) is 1.77. The zero-order chi connectivity index (χ0) is 19.2. The maximum absolute atomic E-state index is 8.85. The maximum atomic E-state index is 8.85. The molecule has 0 fully saturated rings. The van der Waals surface area contributed by atoms with Crippen LogP contribution >= 0.6 is 11.6 Å². The van der Waals surface area contributed by atoms with Crippen LogP contribution in [0.25, 0.3) is 0 Å². The number of benzene rings is 2. The van der Waals surface area contributed by atoms with Crippen molar-refractivity contribution >= 4 is 34.7 Å². The first-order chi connectivity index (χ1) is 13.1. The van der Waals surface area contributed by atoms with E-state index >= 15 is 0 Å². The highest BCUT2D eigenvalue weighted by molar-refractivity contribution is 6.32. The summed E-state index contributed by atoms with van der Waals surface area (Å²) in [7, 11) is 3.07. The van der Waals surface area contributed by atoms with Crippen molar-refractivity contribution in [2.24, 2.45) is 0 Å². The van der Waals surface area contributed by atoms with Gasteiger partial charge in [0.2, 0.25) is 5.95 Å². The third kappa shape index (κ3) is 4.34. The van der Waals surface area contributed by atoms with E-state index in [4.69, 9.17) is 26.3 Å². The molecule has 3 aromatic rings. The SMILES string of the molecule is COc1cc(Nc2cnnc(Nc3ccc(C#N)cc3)n2)c(OC)cc1Cl. The van der Waals surface area contributed by atoms with Crippen molar-refractivity contribution in [1.82, 2.24) is 15.2 Å². The molecule has 136 valence electrons. The van der Waals surface area contributed by atoms with Crippen molar-refractivity contribution in [1.29, 1.82) is 5.26 Å². The van der Waals surface area contributed by atoms with Crippen LogP contribution in [0.4, 0.5) is 23.1 Å². The molecule has 0 spiro atoms. The standard InChI is InChI=1S/C18H15ClN6O2/c1-26-15-8-14(16(27-2)7-13(15)19)23-17-10-21-25-18(24-17)22-12-5-3-11(9-20)4-6-12/h3-8,10H,1-2H3,(H2,22,23,24,25). The van der Waals surface area contributed by atoms with Crippen LogP contribution in [0.15, 0.2) is 42.6 Å².